The average molecular weight is 316 g/mol. The van der Waals surface area contributed by atoms with Crippen LogP contribution in [0.1, 0.15) is 33.6 Å². The lowest BCUT2D eigenvalue weighted by Gasteiger charge is -2.13. The predicted octanol–water partition coefficient (Wildman–Crippen LogP) is 3.02. The van der Waals surface area contributed by atoms with Crippen LogP contribution in [-0.4, -0.2) is 22.2 Å². The van der Waals surface area contributed by atoms with Gasteiger partial charge in [-0.3, -0.25) is 9.59 Å². The van der Waals surface area contributed by atoms with Crippen LogP contribution in [0.3, 0.4) is 0 Å². The molecule has 1 heterocycles. The van der Waals surface area contributed by atoms with E-state index in [4.69, 9.17) is 0 Å². The van der Waals surface area contributed by atoms with E-state index in [-0.39, 0.29) is 17.2 Å². The second-order valence-electron chi connectivity index (χ2n) is 4.89. The van der Waals surface area contributed by atoms with Crippen LogP contribution in [0, 0.1) is 0 Å². The first-order valence-corrected chi connectivity index (χ1v) is 7.68. The molecule has 23 heavy (non-hydrogen) atoms. The molecule has 0 saturated heterocycles. The Morgan fingerprint density at radius 3 is 2.74 bits per heavy atom. The Morgan fingerprint density at radius 1 is 1.43 bits per heavy atom. The molecule has 1 aromatic heterocycles. The highest BCUT2D eigenvalue weighted by Crippen LogP contribution is 2.17. The largest absolute Gasteiger partial charge is 0.382 e. The van der Waals surface area contributed by atoms with Gasteiger partial charge < -0.3 is 10.6 Å². The SMILES string of the molecule is C=C/C=C\C(=C/CC)n1ncc(NCCC)c(NC(C)=O)c1=O. The Labute approximate surface area is 136 Å². The van der Waals surface area contributed by atoms with Crippen molar-refractivity contribution in [3.63, 3.8) is 0 Å². The monoisotopic (exact) mass is 316 g/mol. The maximum Gasteiger partial charge on any atom is 0.297 e. The highest BCUT2D eigenvalue weighted by atomic mass is 16.2. The summed E-state index contributed by atoms with van der Waals surface area (Å²) < 4.78 is 1.27. The third kappa shape index (κ3) is 5.25. The van der Waals surface area contributed by atoms with E-state index in [1.54, 1.807) is 24.4 Å². The topological polar surface area (TPSA) is 76.0 Å². The molecule has 1 aromatic rings. The van der Waals surface area contributed by atoms with E-state index >= 15 is 0 Å². The lowest BCUT2D eigenvalue weighted by Crippen LogP contribution is -2.27. The van der Waals surface area contributed by atoms with Gasteiger partial charge in [0, 0.05) is 13.5 Å². The first-order chi connectivity index (χ1) is 11.0. The summed E-state index contributed by atoms with van der Waals surface area (Å²) in [7, 11) is 0. The molecule has 1 rings (SSSR count). The molecule has 6 nitrogen and oxygen atoms in total. The minimum Gasteiger partial charge on any atom is -0.382 e. The third-order valence-electron chi connectivity index (χ3n) is 2.91. The Hall–Kier alpha value is -2.63. The number of hydrogen-bond donors (Lipinski definition) is 2. The number of nitrogens with zero attached hydrogens (tertiary/aromatic N) is 2. The molecule has 124 valence electrons. The number of amides is 1. The predicted molar refractivity (Wildman–Crippen MR) is 95.5 cm³/mol. The van der Waals surface area contributed by atoms with Gasteiger partial charge in [-0.15, -0.1) is 0 Å². The summed E-state index contributed by atoms with van der Waals surface area (Å²) in [5, 5.41) is 9.91. The molecule has 0 unspecified atom stereocenters. The number of allylic oxidation sites excluding steroid dienone is 5. The fourth-order valence-corrected chi connectivity index (χ4v) is 1.93. The molecule has 1 amide bonds. The molecule has 6 heteroatoms. The van der Waals surface area contributed by atoms with Crippen LogP contribution < -0.4 is 16.2 Å². The average Bonchev–Trinajstić information content (AvgIpc) is 2.52. The van der Waals surface area contributed by atoms with Gasteiger partial charge in [0.2, 0.25) is 5.91 Å². The van der Waals surface area contributed by atoms with Crippen molar-refractivity contribution in [1.82, 2.24) is 9.78 Å². The van der Waals surface area contributed by atoms with E-state index in [9.17, 15) is 9.59 Å². The zero-order chi connectivity index (χ0) is 17.2. The van der Waals surface area contributed by atoms with Gasteiger partial charge in [-0.25, -0.2) is 0 Å². The minimum atomic E-state index is -0.380. The summed E-state index contributed by atoms with van der Waals surface area (Å²) in [6.45, 7) is 9.67. The van der Waals surface area contributed by atoms with Crippen LogP contribution in [0.25, 0.3) is 5.70 Å². The van der Waals surface area contributed by atoms with Crippen LogP contribution in [-0.2, 0) is 4.79 Å². The van der Waals surface area contributed by atoms with Gasteiger partial charge in [-0.05, 0) is 18.9 Å². The second-order valence-corrected chi connectivity index (χ2v) is 4.89. The molecular formula is C17H24N4O2. The van der Waals surface area contributed by atoms with E-state index in [2.05, 4.69) is 22.3 Å². The highest BCUT2D eigenvalue weighted by Gasteiger charge is 2.13. The van der Waals surface area contributed by atoms with Gasteiger partial charge in [0.1, 0.15) is 5.69 Å². The van der Waals surface area contributed by atoms with E-state index < -0.39 is 0 Å². The van der Waals surface area contributed by atoms with Crippen LogP contribution in [0.2, 0.25) is 0 Å². The molecule has 0 aromatic carbocycles. The van der Waals surface area contributed by atoms with E-state index in [1.807, 2.05) is 19.9 Å². The van der Waals surface area contributed by atoms with E-state index in [1.165, 1.54) is 11.6 Å². The first kappa shape index (κ1) is 18.4. The molecule has 0 saturated carbocycles. The van der Waals surface area contributed by atoms with Crippen molar-refractivity contribution >= 4 is 23.0 Å². The molecule has 0 spiro atoms. The number of aromatic nitrogens is 2. The van der Waals surface area contributed by atoms with Crippen LogP contribution in [0.15, 0.2) is 41.9 Å². The number of nitrogens with one attached hydrogen (secondary N) is 2. The molecule has 0 fully saturated rings. The van der Waals surface area contributed by atoms with Gasteiger partial charge in [0.25, 0.3) is 5.56 Å². The highest BCUT2D eigenvalue weighted by molar-refractivity contribution is 5.92. The van der Waals surface area contributed by atoms with Gasteiger partial charge in [-0.2, -0.15) is 9.78 Å². The zero-order valence-electron chi connectivity index (χ0n) is 13.9. The zero-order valence-corrected chi connectivity index (χ0v) is 13.9. The Balaban J connectivity index is 3.42. The van der Waals surface area contributed by atoms with Gasteiger partial charge in [-0.1, -0.05) is 38.7 Å². The van der Waals surface area contributed by atoms with Crippen molar-refractivity contribution in [2.24, 2.45) is 0 Å². The van der Waals surface area contributed by atoms with Crippen LogP contribution in [0.4, 0.5) is 11.4 Å². The van der Waals surface area contributed by atoms with Crippen molar-refractivity contribution in [3.05, 3.63) is 47.4 Å². The van der Waals surface area contributed by atoms with Crippen LogP contribution >= 0.6 is 0 Å². The summed E-state index contributed by atoms with van der Waals surface area (Å²) >= 11 is 0. The first-order valence-electron chi connectivity index (χ1n) is 7.68. The summed E-state index contributed by atoms with van der Waals surface area (Å²) in [6.07, 6.45) is 10.2. The molecule has 0 radical (unpaired) electrons. The number of carbonyl (C=O) groups excluding carboxylic acids is 1. The van der Waals surface area contributed by atoms with Crippen molar-refractivity contribution in [2.75, 3.05) is 17.2 Å². The molecule has 0 aliphatic rings. The van der Waals surface area contributed by atoms with Crippen molar-refractivity contribution in [3.8, 4) is 0 Å². The van der Waals surface area contributed by atoms with Crippen molar-refractivity contribution in [2.45, 2.75) is 33.6 Å². The quantitative estimate of drug-likeness (QED) is 0.723. The molecule has 2 N–H and O–H groups in total. The maximum atomic E-state index is 12.7. The summed E-state index contributed by atoms with van der Waals surface area (Å²) in [4.78, 5) is 24.1. The number of hydrogen-bond acceptors (Lipinski definition) is 4. The normalized spacial score (nSPS) is 11.5. The van der Waals surface area contributed by atoms with Crippen molar-refractivity contribution in [1.29, 1.82) is 0 Å². The summed E-state index contributed by atoms with van der Waals surface area (Å²) in [5.41, 5.74) is 0.975. The fraction of sp³-hybridized carbons (Fsp3) is 0.353. The summed E-state index contributed by atoms with van der Waals surface area (Å²) in [6, 6.07) is 0. The molecular weight excluding hydrogens is 292 g/mol. The van der Waals surface area contributed by atoms with Gasteiger partial charge in [0.05, 0.1) is 17.6 Å². The Kier molecular flexibility index (Phi) is 7.53. The standard InChI is InChI=1S/C17H24N4O2/c1-5-8-10-14(9-6-2)21-17(23)16(20-13(4)22)15(12-19-21)18-11-7-3/h5,8-10,12,18H,1,6-7,11H2,2-4H3,(H,20,22)/b10-8-,14-9+. The fourth-order valence-electron chi connectivity index (χ4n) is 1.93. The van der Waals surface area contributed by atoms with Gasteiger partial charge in [0.15, 0.2) is 0 Å². The lowest BCUT2D eigenvalue weighted by molar-refractivity contribution is -0.114. The van der Waals surface area contributed by atoms with Crippen LogP contribution in [0.5, 0.6) is 0 Å². The van der Waals surface area contributed by atoms with E-state index in [0.717, 1.165) is 12.8 Å². The maximum absolute atomic E-state index is 12.7. The smallest absolute Gasteiger partial charge is 0.297 e. The molecule has 0 aliphatic heterocycles. The number of anilines is 2. The number of carbonyl (C=O) groups is 1. The lowest BCUT2D eigenvalue weighted by atomic mass is 10.3. The molecule has 0 atom stereocenters. The molecule has 0 bridgehead atoms. The second kappa shape index (κ2) is 9.40. The Morgan fingerprint density at radius 2 is 2.17 bits per heavy atom. The van der Waals surface area contributed by atoms with Gasteiger partial charge >= 0.3 is 0 Å². The Bertz CT molecular complexity index is 672. The van der Waals surface area contributed by atoms with E-state index in [0.29, 0.717) is 17.9 Å². The number of rotatable bonds is 8. The molecule has 0 aliphatic carbocycles. The third-order valence-corrected chi connectivity index (χ3v) is 2.91. The minimum absolute atomic E-state index is 0.204. The van der Waals surface area contributed by atoms with Crippen molar-refractivity contribution < 1.29 is 4.79 Å². The summed E-state index contributed by atoms with van der Waals surface area (Å²) in [5.74, 6) is -0.304.